The number of carbonyl (C=O) groups excluding carboxylic acids is 3. The average Bonchev–Trinajstić information content (AvgIpc) is 3.83. The van der Waals surface area contributed by atoms with Crippen LogP contribution in [-0.2, 0) is 22.6 Å². The molecule has 384 valence electrons. The molecule has 1 atom stereocenters. The van der Waals surface area contributed by atoms with E-state index in [1.54, 1.807) is 7.05 Å². The van der Waals surface area contributed by atoms with E-state index in [-0.39, 0.29) is 41.8 Å². The first-order valence-electron chi connectivity index (χ1n) is 26.1. The van der Waals surface area contributed by atoms with Crippen molar-refractivity contribution in [2.45, 2.75) is 103 Å². The van der Waals surface area contributed by atoms with Crippen LogP contribution in [0.4, 0.5) is 16.6 Å². The maximum atomic E-state index is 13.7. The van der Waals surface area contributed by atoms with Gasteiger partial charge in [-0.1, -0.05) is 60.6 Å². The van der Waals surface area contributed by atoms with Crippen LogP contribution in [0, 0.1) is 24.2 Å². The van der Waals surface area contributed by atoms with Crippen molar-refractivity contribution in [1.29, 1.82) is 5.41 Å². The summed E-state index contributed by atoms with van der Waals surface area (Å²) in [6.45, 7) is 6.12. The van der Waals surface area contributed by atoms with E-state index < -0.39 is 17.8 Å². The number of rotatable bonds is 17. The number of unbranched alkanes of at least 4 members (excludes halogenated alkanes) is 1. The molecule has 3 aliphatic heterocycles. The number of carbonyl (C=O) groups is 4. The first-order valence-corrected chi connectivity index (χ1v) is 27.0. The number of aromatic carboxylic acids is 1. The molecule has 5 heterocycles. The van der Waals surface area contributed by atoms with Gasteiger partial charge in [0.25, 0.3) is 5.91 Å². The highest BCUT2D eigenvalue weighted by atomic mass is 32.1. The number of imide groups is 1. The topological polar surface area (TPSA) is 199 Å². The third-order valence-corrected chi connectivity index (χ3v) is 16.4. The van der Waals surface area contributed by atoms with Gasteiger partial charge in [0.05, 0.1) is 28.0 Å². The smallest absolute Gasteiger partial charge is 0.355 e. The highest BCUT2D eigenvalue weighted by Crippen LogP contribution is 2.38. The van der Waals surface area contributed by atoms with Crippen LogP contribution in [0.25, 0.3) is 21.3 Å². The number of ether oxygens (including phenoxy) is 2. The Balaban J connectivity index is 0.675. The molecule has 3 amide bonds. The number of hydrogen-bond acceptors (Lipinski definition) is 13. The molecule has 6 aromatic rings. The minimum Gasteiger partial charge on any atom is -0.490 e. The maximum Gasteiger partial charge on any atom is 0.355 e. The quantitative estimate of drug-likeness (QED) is 0.0330. The number of nitrogens with zero attached hydrogens (tertiary/aromatic N) is 4. The lowest BCUT2D eigenvalue weighted by molar-refractivity contribution is -0.134. The predicted molar refractivity (Wildman–Crippen MR) is 289 cm³/mol. The van der Waals surface area contributed by atoms with Gasteiger partial charge >= 0.3 is 5.97 Å². The fourth-order valence-corrected chi connectivity index (χ4v) is 12.1. The van der Waals surface area contributed by atoms with E-state index in [2.05, 4.69) is 25.8 Å². The van der Waals surface area contributed by atoms with Gasteiger partial charge in [0, 0.05) is 68.1 Å². The van der Waals surface area contributed by atoms with Gasteiger partial charge in [-0.3, -0.25) is 25.0 Å². The molecule has 1 unspecified atom stereocenters. The summed E-state index contributed by atoms with van der Waals surface area (Å²) in [5.74, 6) is 0.0732. The molecule has 2 aromatic heterocycles. The zero-order valence-electron chi connectivity index (χ0n) is 42.1. The zero-order chi connectivity index (χ0) is 51.3. The molecule has 4 aliphatic rings. The van der Waals surface area contributed by atoms with Crippen LogP contribution in [0.1, 0.15) is 114 Å². The van der Waals surface area contributed by atoms with Gasteiger partial charge in [0.15, 0.2) is 10.8 Å². The van der Waals surface area contributed by atoms with Gasteiger partial charge in [-0.2, -0.15) is 0 Å². The standard InChI is InChI=1S/C58H64N8O7S/c1-35-41(42-22-24-51(62-54(42)57(70)71)66-32-26-37-10-7-12-43(46(37)34-66)55(68)64-58-61-47-13-3-4-15-50(47)74-58)11-8-14-49(35)73-38-18-16-36(17-19-38)9-5-6-29-65-30-27-39(28-31-65)72-40-20-21-44(48(33-40)60-2)53(59)45-23-25-52(67)63-56(45)69/h3-4,7-8,10-15,20-22,24,33,36,38-39,45,59-60H,5-6,9,16-19,23,25-32,34H2,1-2H3,(H,70,71)(H,61,64,68)(H,63,67,69). The van der Waals surface area contributed by atoms with Gasteiger partial charge in [0.2, 0.25) is 11.8 Å². The molecule has 0 bridgehead atoms. The van der Waals surface area contributed by atoms with Gasteiger partial charge in [0.1, 0.15) is 23.4 Å². The highest BCUT2D eigenvalue weighted by molar-refractivity contribution is 7.22. The maximum absolute atomic E-state index is 13.7. The van der Waals surface area contributed by atoms with Crippen LogP contribution in [0.2, 0.25) is 0 Å². The Morgan fingerprint density at radius 2 is 1.62 bits per heavy atom. The number of piperidine rings is 2. The molecule has 0 radical (unpaired) electrons. The summed E-state index contributed by atoms with van der Waals surface area (Å²) in [5.41, 5.74) is 7.15. The van der Waals surface area contributed by atoms with Crippen LogP contribution in [0.3, 0.4) is 0 Å². The van der Waals surface area contributed by atoms with E-state index in [0.29, 0.717) is 59.5 Å². The number of carboxylic acids is 1. The van der Waals surface area contributed by atoms with Gasteiger partial charge in [-0.15, -0.1) is 0 Å². The molecule has 4 aromatic carbocycles. The van der Waals surface area contributed by atoms with Crippen LogP contribution in [-0.4, -0.2) is 94.8 Å². The Bertz CT molecular complexity index is 3050. The number of carboxylic acid groups (broad SMARTS) is 1. The lowest BCUT2D eigenvalue weighted by atomic mass is 9.84. The van der Waals surface area contributed by atoms with Crippen molar-refractivity contribution in [3.8, 4) is 22.6 Å². The number of hydrogen-bond donors (Lipinski definition) is 5. The molecular weight excluding hydrogens is 953 g/mol. The predicted octanol–water partition coefficient (Wildman–Crippen LogP) is 10.3. The second-order valence-corrected chi connectivity index (χ2v) is 21.2. The number of para-hydroxylation sites is 1. The average molecular weight is 1020 g/mol. The number of amides is 3. The summed E-state index contributed by atoms with van der Waals surface area (Å²) in [5, 5.41) is 28.3. The van der Waals surface area contributed by atoms with E-state index >= 15 is 0 Å². The van der Waals surface area contributed by atoms with Crippen molar-refractivity contribution in [3.63, 3.8) is 0 Å². The van der Waals surface area contributed by atoms with Crippen LogP contribution in [0.15, 0.2) is 91.0 Å². The first-order chi connectivity index (χ1) is 36.0. The van der Waals surface area contributed by atoms with Gasteiger partial charge in [-0.05, 0) is 148 Å². The molecular formula is C58H64N8O7S. The summed E-state index contributed by atoms with van der Waals surface area (Å²) < 4.78 is 14.1. The van der Waals surface area contributed by atoms with E-state index in [1.165, 1.54) is 30.6 Å². The van der Waals surface area contributed by atoms with Crippen molar-refractivity contribution in [3.05, 3.63) is 125 Å². The zero-order valence-corrected chi connectivity index (χ0v) is 42.9. The lowest BCUT2D eigenvalue weighted by Crippen LogP contribution is -2.44. The van der Waals surface area contributed by atoms with Crippen LogP contribution < -0.4 is 30.3 Å². The number of aromatic nitrogens is 2. The molecule has 2 saturated heterocycles. The van der Waals surface area contributed by atoms with E-state index in [0.717, 1.165) is 108 Å². The summed E-state index contributed by atoms with van der Waals surface area (Å²) in [7, 11) is 1.80. The minimum absolute atomic E-state index is 0.0223. The molecule has 10 rings (SSSR count). The fourth-order valence-electron chi connectivity index (χ4n) is 11.2. The van der Waals surface area contributed by atoms with Crippen molar-refractivity contribution in [2.24, 2.45) is 11.8 Å². The van der Waals surface area contributed by atoms with Crippen molar-refractivity contribution in [2.75, 3.05) is 48.8 Å². The van der Waals surface area contributed by atoms with Crippen molar-refractivity contribution < 1.29 is 33.8 Å². The summed E-state index contributed by atoms with van der Waals surface area (Å²) in [6, 6.07) is 28.8. The number of benzene rings is 4. The minimum atomic E-state index is -1.10. The monoisotopic (exact) mass is 1020 g/mol. The number of fused-ring (bicyclic) bond motifs is 2. The Morgan fingerprint density at radius 3 is 2.41 bits per heavy atom. The highest BCUT2D eigenvalue weighted by Gasteiger charge is 2.32. The fraction of sp³-hybridized carbons (Fsp3) is 0.397. The number of thiazole rings is 1. The van der Waals surface area contributed by atoms with Gasteiger partial charge < -0.3 is 35.1 Å². The van der Waals surface area contributed by atoms with E-state index in [1.807, 2.05) is 103 Å². The molecule has 3 fully saturated rings. The number of nitrogens with one attached hydrogen (secondary N) is 4. The number of anilines is 3. The lowest BCUT2D eigenvalue weighted by Gasteiger charge is -2.33. The summed E-state index contributed by atoms with van der Waals surface area (Å²) in [4.78, 5) is 64.5. The van der Waals surface area contributed by atoms with Crippen LogP contribution in [0.5, 0.6) is 11.5 Å². The normalized spacial score (nSPS) is 19.4. The molecule has 1 saturated carbocycles. The Morgan fingerprint density at radius 1 is 0.824 bits per heavy atom. The number of pyridine rings is 1. The SMILES string of the molecule is CNc1cc(OC2CCN(CCCCC3CCC(Oc4cccc(-c5ccc(N6CCc7cccc(C(=O)Nc8nc9ccccc9s8)c7C6)nc5C(=O)O)c4C)CC3)CC2)ccc1C(=N)C1CCC(=O)NC1=O. The first kappa shape index (κ1) is 50.4. The third kappa shape index (κ3) is 11.3. The molecule has 74 heavy (non-hydrogen) atoms. The molecule has 16 heteroatoms. The van der Waals surface area contributed by atoms with Gasteiger partial charge in [-0.25, -0.2) is 14.8 Å². The van der Waals surface area contributed by atoms with Crippen molar-refractivity contribution >= 4 is 67.6 Å². The summed E-state index contributed by atoms with van der Waals surface area (Å²) >= 11 is 1.44. The largest absolute Gasteiger partial charge is 0.490 e. The number of likely N-dealkylation sites (tertiary alicyclic amines) is 1. The second kappa shape index (κ2) is 22.5. The van der Waals surface area contributed by atoms with Crippen LogP contribution >= 0.6 is 11.3 Å². The Kier molecular flexibility index (Phi) is 15.3. The van der Waals surface area contributed by atoms with E-state index in [4.69, 9.17) is 19.9 Å². The Hall–Kier alpha value is -7.17. The molecule has 15 nitrogen and oxygen atoms in total. The van der Waals surface area contributed by atoms with Crippen molar-refractivity contribution in [1.82, 2.24) is 20.2 Å². The molecule has 1 aliphatic carbocycles. The Labute approximate surface area is 435 Å². The third-order valence-electron chi connectivity index (χ3n) is 15.4. The molecule has 0 spiro atoms. The second-order valence-electron chi connectivity index (χ2n) is 20.1. The summed E-state index contributed by atoms with van der Waals surface area (Å²) in [6.07, 6.45) is 11.2. The molecule has 5 N–H and O–H groups in total. The van der Waals surface area contributed by atoms with E-state index in [9.17, 15) is 24.3 Å².